The monoisotopic (exact) mass is 516 g/mol. The van der Waals surface area contributed by atoms with E-state index in [9.17, 15) is 4.79 Å². The number of methoxy groups -OCH3 is 1. The number of halogens is 1. The first kappa shape index (κ1) is 23.6. The molecule has 2 saturated carbocycles. The predicted octanol–water partition coefficient (Wildman–Crippen LogP) is 2.83. The Bertz CT molecular complexity index is 689. The molecule has 2 aliphatic rings. The molecule has 0 aromatic heterocycles. The van der Waals surface area contributed by atoms with E-state index in [1.165, 1.54) is 12.8 Å². The van der Waals surface area contributed by atoms with Gasteiger partial charge < -0.3 is 25.4 Å². The summed E-state index contributed by atoms with van der Waals surface area (Å²) in [5.74, 6) is 2.67. The van der Waals surface area contributed by atoms with Crippen LogP contribution in [-0.2, 0) is 11.3 Å². The van der Waals surface area contributed by atoms with E-state index in [1.54, 1.807) is 14.2 Å². The molecule has 2 aliphatic carbocycles. The van der Waals surface area contributed by atoms with Crippen LogP contribution in [0.25, 0.3) is 0 Å². The number of ether oxygens (including phenoxy) is 2. The molecule has 2 fully saturated rings. The molecular weight excluding hydrogens is 483 g/mol. The number of carbonyl (C=O) groups excluding carboxylic acids is 1. The molecule has 0 spiro atoms. The highest BCUT2D eigenvalue weighted by Gasteiger charge is 2.29. The summed E-state index contributed by atoms with van der Waals surface area (Å²) in [6.45, 7) is 1.79. The van der Waals surface area contributed by atoms with Gasteiger partial charge in [-0.05, 0) is 44.6 Å². The number of hydrogen-bond acceptors (Lipinski definition) is 4. The van der Waals surface area contributed by atoms with E-state index in [0.717, 1.165) is 42.7 Å². The summed E-state index contributed by atoms with van der Waals surface area (Å²) in [6.07, 6.45) is 6.95. The summed E-state index contributed by atoms with van der Waals surface area (Å²) in [7, 11) is 3.41. The first-order valence-corrected chi connectivity index (χ1v) is 10.3. The molecule has 0 bridgehead atoms. The molecule has 162 valence electrons. The zero-order chi connectivity index (χ0) is 19.8. The summed E-state index contributed by atoms with van der Waals surface area (Å²) in [6, 6.07) is 5.95. The molecule has 0 atom stereocenters. The van der Waals surface area contributed by atoms with Crippen molar-refractivity contribution in [2.45, 2.75) is 51.2 Å². The number of benzene rings is 1. The molecule has 3 rings (SSSR count). The van der Waals surface area contributed by atoms with E-state index in [4.69, 9.17) is 9.47 Å². The summed E-state index contributed by atoms with van der Waals surface area (Å²) in [4.78, 5) is 15.9. The second-order valence-electron chi connectivity index (χ2n) is 7.39. The molecule has 0 heterocycles. The maximum atomic E-state index is 11.7. The Morgan fingerprint density at radius 2 is 1.83 bits per heavy atom. The number of hydrogen-bond donors (Lipinski definition) is 3. The topological polar surface area (TPSA) is 84.0 Å². The highest BCUT2D eigenvalue weighted by atomic mass is 127. The third kappa shape index (κ3) is 7.24. The Hall–Kier alpha value is -1.71. The molecule has 0 saturated heterocycles. The van der Waals surface area contributed by atoms with Crippen LogP contribution >= 0.6 is 24.0 Å². The second kappa shape index (κ2) is 12.1. The van der Waals surface area contributed by atoms with Gasteiger partial charge in [-0.25, -0.2) is 0 Å². The number of guanidine groups is 1. The van der Waals surface area contributed by atoms with Gasteiger partial charge in [-0.3, -0.25) is 9.79 Å². The third-order valence-corrected chi connectivity index (χ3v) is 5.20. The van der Waals surface area contributed by atoms with Crippen molar-refractivity contribution in [1.29, 1.82) is 0 Å². The zero-order valence-electron chi connectivity index (χ0n) is 17.3. The van der Waals surface area contributed by atoms with E-state index in [1.807, 2.05) is 18.2 Å². The van der Waals surface area contributed by atoms with Crippen molar-refractivity contribution in [1.82, 2.24) is 16.0 Å². The number of nitrogens with one attached hydrogen (secondary N) is 3. The number of carbonyl (C=O) groups is 1. The van der Waals surface area contributed by atoms with Gasteiger partial charge in [0.15, 0.2) is 17.5 Å². The van der Waals surface area contributed by atoms with Gasteiger partial charge in [-0.1, -0.05) is 12.1 Å². The highest BCUT2D eigenvalue weighted by molar-refractivity contribution is 14.0. The van der Waals surface area contributed by atoms with Crippen molar-refractivity contribution >= 4 is 35.8 Å². The maximum Gasteiger partial charge on any atom is 0.223 e. The van der Waals surface area contributed by atoms with Crippen LogP contribution in [0.5, 0.6) is 11.5 Å². The smallest absolute Gasteiger partial charge is 0.223 e. The van der Waals surface area contributed by atoms with Gasteiger partial charge in [0.1, 0.15) is 0 Å². The van der Waals surface area contributed by atoms with Crippen LogP contribution in [-0.4, -0.2) is 45.2 Å². The first-order chi connectivity index (χ1) is 13.7. The van der Waals surface area contributed by atoms with Crippen molar-refractivity contribution < 1.29 is 14.3 Å². The van der Waals surface area contributed by atoms with Crippen molar-refractivity contribution in [3.8, 4) is 11.5 Å². The van der Waals surface area contributed by atoms with Crippen LogP contribution in [0.15, 0.2) is 23.2 Å². The van der Waals surface area contributed by atoms with Crippen molar-refractivity contribution in [2.75, 3.05) is 27.2 Å². The lowest BCUT2D eigenvalue weighted by atomic mass is 10.1. The van der Waals surface area contributed by atoms with Crippen LogP contribution in [0, 0.1) is 5.92 Å². The van der Waals surface area contributed by atoms with Crippen LogP contribution < -0.4 is 25.4 Å². The molecule has 0 radical (unpaired) electrons. The molecule has 1 aromatic carbocycles. The van der Waals surface area contributed by atoms with E-state index < -0.39 is 0 Å². The maximum absolute atomic E-state index is 11.7. The van der Waals surface area contributed by atoms with Crippen molar-refractivity contribution in [3.05, 3.63) is 23.8 Å². The normalized spacial score (nSPS) is 16.7. The van der Waals surface area contributed by atoms with E-state index in [-0.39, 0.29) is 41.9 Å². The largest absolute Gasteiger partial charge is 0.493 e. The van der Waals surface area contributed by atoms with Crippen LogP contribution in [0.2, 0.25) is 0 Å². The average molecular weight is 516 g/mol. The molecule has 1 amide bonds. The lowest BCUT2D eigenvalue weighted by molar-refractivity contribution is -0.122. The summed E-state index contributed by atoms with van der Waals surface area (Å²) in [5, 5.41) is 9.49. The standard InChI is InChI=1S/C21H32N4O3.HI/c1-22-21(24-13-12-23-20(26)15-10-11-15)25-14-16-6-5-9-18(27-2)19(16)28-17-7-3-4-8-17;/h5-6,9,15,17H,3-4,7-8,10-14H2,1-2H3,(H,23,26)(H2,22,24,25);1H. The Morgan fingerprint density at radius 1 is 1.10 bits per heavy atom. The molecular formula is C21H33IN4O3. The Morgan fingerprint density at radius 3 is 2.48 bits per heavy atom. The van der Waals surface area contributed by atoms with Crippen LogP contribution in [0.1, 0.15) is 44.1 Å². The van der Waals surface area contributed by atoms with Crippen LogP contribution in [0.4, 0.5) is 0 Å². The number of amides is 1. The highest BCUT2D eigenvalue weighted by Crippen LogP contribution is 2.34. The number of para-hydroxylation sites is 1. The molecule has 7 nitrogen and oxygen atoms in total. The minimum atomic E-state index is 0. The average Bonchev–Trinajstić information content (AvgIpc) is 3.45. The van der Waals surface area contributed by atoms with Gasteiger partial charge >= 0.3 is 0 Å². The van der Waals surface area contributed by atoms with E-state index in [0.29, 0.717) is 25.6 Å². The van der Waals surface area contributed by atoms with Crippen molar-refractivity contribution in [3.63, 3.8) is 0 Å². The number of nitrogens with zero attached hydrogens (tertiary/aromatic N) is 1. The van der Waals surface area contributed by atoms with Gasteiger partial charge in [-0.2, -0.15) is 0 Å². The Balaban J connectivity index is 0.00000300. The minimum absolute atomic E-state index is 0. The third-order valence-electron chi connectivity index (χ3n) is 5.20. The predicted molar refractivity (Wildman–Crippen MR) is 125 cm³/mol. The minimum Gasteiger partial charge on any atom is -0.493 e. The Kier molecular flexibility index (Phi) is 9.83. The van der Waals surface area contributed by atoms with Gasteiger partial charge in [0.05, 0.1) is 13.2 Å². The van der Waals surface area contributed by atoms with Gasteiger partial charge in [-0.15, -0.1) is 24.0 Å². The molecule has 29 heavy (non-hydrogen) atoms. The van der Waals surface area contributed by atoms with Crippen LogP contribution in [0.3, 0.4) is 0 Å². The molecule has 0 unspecified atom stereocenters. The van der Waals surface area contributed by atoms with E-state index >= 15 is 0 Å². The molecule has 8 heteroatoms. The lowest BCUT2D eigenvalue weighted by Crippen LogP contribution is -2.41. The quantitative estimate of drug-likeness (QED) is 0.204. The molecule has 1 aromatic rings. The fourth-order valence-corrected chi connectivity index (χ4v) is 3.42. The summed E-state index contributed by atoms with van der Waals surface area (Å²) >= 11 is 0. The van der Waals surface area contributed by atoms with Gasteiger partial charge in [0.2, 0.25) is 5.91 Å². The van der Waals surface area contributed by atoms with Gasteiger partial charge in [0.25, 0.3) is 0 Å². The summed E-state index contributed by atoms with van der Waals surface area (Å²) < 4.78 is 11.8. The SMILES string of the molecule is CN=C(NCCNC(=O)C1CC1)NCc1cccc(OC)c1OC1CCCC1.I. The fourth-order valence-electron chi connectivity index (χ4n) is 3.42. The summed E-state index contributed by atoms with van der Waals surface area (Å²) in [5.41, 5.74) is 1.04. The lowest BCUT2D eigenvalue weighted by Gasteiger charge is -2.20. The van der Waals surface area contributed by atoms with Gasteiger partial charge in [0, 0.05) is 38.2 Å². The fraction of sp³-hybridized carbons (Fsp3) is 0.619. The van der Waals surface area contributed by atoms with E-state index in [2.05, 4.69) is 20.9 Å². The second-order valence-corrected chi connectivity index (χ2v) is 7.39. The molecule has 0 aliphatic heterocycles. The number of rotatable bonds is 9. The van der Waals surface area contributed by atoms with Crippen molar-refractivity contribution in [2.24, 2.45) is 10.9 Å². The Labute approximate surface area is 190 Å². The zero-order valence-corrected chi connectivity index (χ0v) is 19.7. The molecule has 3 N–H and O–H groups in total. The number of aliphatic imine (C=N–C) groups is 1. The first-order valence-electron chi connectivity index (χ1n) is 10.3.